The molecule has 0 spiro atoms. The Morgan fingerprint density at radius 1 is 0.441 bits per heavy atom. The summed E-state index contributed by atoms with van der Waals surface area (Å²) in [5.74, 6) is 0.562. The van der Waals surface area contributed by atoms with Crippen LogP contribution in [-0.4, -0.2) is 4.57 Å². The fourth-order valence-electron chi connectivity index (χ4n) is 12.4. The number of nitrogens with zero attached hydrogens (tertiary/aromatic N) is 2. The maximum absolute atomic E-state index is 2.57. The van der Waals surface area contributed by atoms with Gasteiger partial charge in [0.25, 0.3) is 0 Å². The van der Waals surface area contributed by atoms with Crippen LogP contribution in [0.3, 0.4) is 0 Å². The third-order valence-corrected chi connectivity index (χ3v) is 15.5. The Morgan fingerprint density at radius 2 is 1.01 bits per heavy atom. The Morgan fingerprint density at radius 3 is 1.79 bits per heavy atom. The molecule has 0 amide bonds. The Hall–Kier alpha value is -7.94. The minimum atomic E-state index is -0.313. The Bertz CT molecular complexity index is 3680. The van der Waals surface area contributed by atoms with Crippen molar-refractivity contribution in [3.05, 3.63) is 253 Å². The molecule has 1 heterocycles. The van der Waals surface area contributed by atoms with Crippen LogP contribution in [0.2, 0.25) is 0 Å². The predicted molar refractivity (Wildman–Crippen MR) is 287 cm³/mol. The molecule has 2 heteroatoms. The largest absolute Gasteiger partial charge is 0.309 e. The van der Waals surface area contributed by atoms with Crippen molar-refractivity contribution >= 4 is 49.6 Å². The second kappa shape index (κ2) is 16.4. The molecule has 1 fully saturated rings. The van der Waals surface area contributed by atoms with Gasteiger partial charge in [-0.3, -0.25) is 0 Å². The van der Waals surface area contributed by atoms with E-state index in [9.17, 15) is 0 Å². The van der Waals surface area contributed by atoms with Crippen molar-refractivity contribution in [1.29, 1.82) is 0 Å². The van der Waals surface area contributed by atoms with Crippen molar-refractivity contribution in [3.63, 3.8) is 0 Å². The van der Waals surface area contributed by atoms with E-state index in [1.165, 1.54) is 120 Å². The molecule has 0 aliphatic heterocycles. The Kier molecular flexibility index (Phi) is 9.75. The maximum Gasteiger partial charge on any atom is 0.0542 e. The van der Waals surface area contributed by atoms with Crippen LogP contribution < -0.4 is 4.90 Å². The number of aromatic nitrogens is 1. The van der Waals surface area contributed by atoms with Crippen molar-refractivity contribution < 1.29 is 0 Å². The first-order valence-corrected chi connectivity index (χ1v) is 24.5. The molecular formula is C66H52N2. The summed E-state index contributed by atoms with van der Waals surface area (Å²) in [6.07, 6.45) is 6.43. The molecule has 2 aliphatic carbocycles. The standard InChI is InChI=1S/C66H52N2/c1-66(47-26-7-3-8-27-47)58-37-15-11-33-56(58)65-55(36-21-38-59(65)66)52-31-13-17-40-61(52)68(49-42-43-63-57(44-49)53-32-14-18-41-62(53)67(63)48-28-9-4-10-29-48)60-39-16-12-30-51(60)54-35-20-25-46-24-19-34-50(64(46)54)45-22-5-2-6-23-45/h3-4,7-21,24-45H,2,5-6,22-23H2,1H3. The van der Waals surface area contributed by atoms with E-state index in [1.807, 2.05) is 0 Å². The molecule has 13 rings (SSSR count). The first kappa shape index (κ1) is 40.3. The summed E-state index contributed by atoms with van der Waals surface area (Å²) < 4.78 is 2.41. The fourth-order valence-corrected chi connectivity index (χ4v) is 12.4. The van der Waals surface area contributed by atoms with Gasteiger partial charge in [0.15, 0.2) is 0 Å². The van der Waals surface area contributed by atoms with Gasteiger partial charge in [0, 0.05) is 38.7 Å². The lowest BCUT2D eigenvalue weighted by atomic mass is 9.74. The summed E-state index contributed by atoms with van der Waals surface area (Å²) in [5, 5.41) is 5.16. The van der Waals surface area contributed by atoms with Gasteiger partial charge in [0.1, 0.15) is 0 Å². The van der Waals surface area contributed by atoms with Crippen LogP contribution in [0.15, 0.2) is 231 Å². The molecule has 0 bridgehead atoms. The summed E-state index contributed by atoms with van der Waals surface area (Å²) in [6.45, 7) is 2.41. The molecule has 0 radical (unpaired) electrons. The lowest BCUT2D eigenvalue weighted by Crippen LogP contribution is -2.22. The van der Waals surface area contributed by atoms with E-state index in [-0.39, 0.29) is 5.41 Å². The number of benzene rings is 10. The van der Waals surface area contributed by atoms with Gasteiger partial charge in [-0.25, -0.2) is 0 Å². The average Bonchev–Trinajstić information content (AvgIpc) is 3.89. The van der Waals surface area contributed by atoms with Crippen LogP contribution in [-0.2, 0) is 5.41 Å². The van der Waals surface area contributed by atoms with Crippen molar-refractivity contribution in [2.45, 2.75) is 50.4 Å². The molecule has 326 valence electrons. The van der Waals surface area contributed by atoms with E-state index in [0.29, 0.717) is 5.92 Å². The van der Waals surface area contributed by atoms with E-state index in [0.717, 1.165) is 22.7 Å². The van der Waals surface area contributed by atoms with Gasteiger partial charge in [-0.2, -0.15) is 0 Å². The Balaban J connectivity index is 1.09. The van der Waals surface area contributed by atoms with Gasteiger partial charge in [-0.15, -0.1) is 0 Å². The summed E-state index contributed by atoms with van der Waals surface area (Å²) in [4.78, 5) is 2.57. The van der Waals surface area contributed by atoms with Gasteiger partial charge < -0.3 is 9.47 Å². The van der Waals surface area contributed by atoms with Crippen LogP contribution in [0.4, 0.5) is 17.1 Å². The van der Waals surface area contributed by atoms with Crippen molar-refractivity contribution in [2.75, 3.05) is 4.90 Å². The van der Waals surface area contributed by atoms with E-state index in [1.54, 1.807) is 0 Å². The number of para-hydroxylation sites is 4. The summed E-state index contributed by atoms with van der Waals surface area (Å²) in [5.41, 5.74) is 19.7. The highest BCUT2D eigenvalue weighted by Crippen LogP contribution is 2.57. The van der Waals surface area contributed by atoms with Crippen LogP contribution in [0.1, 0.15) is 67.2 Å². The normalized spacial score (nSPS) is 15.7. The second-order valence-corrected chi connectivity index (χ2v) is 19.1. The number of rotatable bonds is 8. The first-order chi connectivity index (χ1) is 33.7. The van der Waals surface area contributed by atoms with E-state index in [2.05, 4.69) is 247 Å². The van der Waals surface area contributed by atoms with Crippen molar-refractivity contribution in [1.82, 2.24) is 4.57 Å². The predicted octanol–water partition coefficient (Wildman–Crippen LogP) is 18.1. The van der Waals surface area contributed by atoms with E-state index < -0.39 is 0 Å². The molecule has 1 unspecified atom stereocenters. The zero-order chi connectivity index (χ0) is 45.2. The minimum absolute atomic E-state index is 0.313. The average molecular weight is 873 g/mol. The molecule has 10 aromatic carbocycles. The highest BCUT2D eigenvalue weighted by Gasteiger charge is 2.42. The molecule has 11 aromatic rings. The van der Waals surface area contributed by atoms with E-state index in [4.69, 9.17) is 0 Å². The summed E-state index contributed by atoms with van der Waals surface area (Å²) in [7, 11) is 0. The van der Waals surface area contributed by atoms with Gasteiger partial charge in [-0.05, 0) is 129 Å². The lowest BCUT2D eigenvalue weighted by Gasteiger charge is -2.31. The highest BCUT2D eigenvalue weighted by atomic mass is 15.1. The zero-order valence-corrected chi connectivity index (χ0v) is 38.4. The topological polar surface area (TPSA) is 8.17 Å². The highest BCUT2D eigenvalue weighted by molar-refractivity contribution is 6.12. The van der Waals surface area contributed by atoms with Gasteiger partial charge in [0.2, 0.25) is 0 Å². The number of fused-ring (bicyclic) bond motifs is 7. The van der Waals surface area contributed by atoms with Gasteiger partial charge in [-0.1, -0.05) is 201 Å². The monoisotopic (exact) mass is 872 g/mol. The summed E-state index contributed by atoms with van der Waals surface area (Å²) in [6, 6.07) is 86.2. The maximum atomic E-state index is 2.57. The van der Waals surface area contributed by atoms with Crippen LogP contribution in [0.5, 0.6) is 0 Å². The quantitative estimate of drug-likeness (QED) is 0.148. The molecule has 1 saturated carbocycles. The molecule has 1 aromatic heterocycles. The number of anilines is 3. The van der Waals surface area contributed by atoms with Crippen molar-refractivity contribution in [2.24, 2.45) is 0 Å². The molecule has 2 nitrogen and oxygen atoms in total. The summed E-state index contributed by atoms with van der Waals surface area (Å²) >= 11 is 0. The molecule has 68 heavy (non-hydrogen) atoms. The van der Waals surface area contributed by atoms with Crippen molar-refractivity contribution in [3.8, 4) is 39.1 Å². The third kappa shape index (κ3) is 6.31. The third-order valence-electron chi connectivity index (χ3n) is 15.5. The smallest absolute Gasteiger partial charge is 0.0542 e. The number of hydrogen-bond donors (Lipinski definition) is 0. The van der Waals surface area contributed by atoms with Crippen LogP contribution in [0.25, 0.3) is 71.6 Å². The van der Waals surface area contributed by atoms with Gasteiger partial charge >= 0.3 is 0 Å². The molecule has 1 atom stereocenters. The van der Waals surface area contributed by atoms with E-state index >= 15 is 0 Å². The molecule has 0 saturated heterocycles. The van der Waals surface area contributed by atoms with Crippen LogP contribution >= 0.6 is 0 Å². The molecule has 0 N–H and O–H groups in total. The SMILES string of the molecule is CC1(c2ccccc2)c2ccccc2-c2c(-c3ccccc3N(c3ccc4c(c3)c3ccccc3n4-c3ccccc3)c3ccccc3-c3cccc4cccc(C5CCCCC5)c34)cccc21. The molecule has 2 aliphatic rings. The zero-order valence-electron chi connectivity index (χ0n) is 38.4. The second-order valence-electron chi connectivity index (χ2n) is 19.1. The number of hydrogen-bond acceptors (Lipinski definition) is 1. The minimum Gasteiger partial charge on any atom is -0.309 e. The lowest BCUT2D eigenvalue weighted by molar-refractivity contribution is 0.445. The first-order valence-electron chi connectivity index (χ1n) is 24.5. The molecular weight excluding hydrogens is 821 g/mol. The fraction of sp³-hybridized carbons (Fsp3) is 0.121. The van der Waals surface area contributed by atoms with Gasteiger partial charge in [0.05, 0.1) is 22.4 Å². The Labute approximate surface area is 399 Å². The van der Waals surface area contributed by atoms with Crippen LogP contribution in [0, 0.1) is 0 Å².